The number of morpholine rings is 1. The smallest absolute Gasteiger partial charge is 0.229 e. The Labute approximate surface area is 179 Å². The van der Waals surface area contributed by atoms with E-state index >= 15 is 0 Å². The van der Waals surface area contributed by atoms with Crippen molar-refractivity contribution in [1.82, 2.24) is 24.6 Å². The number of benzene rings is 1. The Morgan fingerprint density at radius 2 is 1.81 bits per heavy atom. The zero-order valence-electron chi connectivity index (χ0n) is 17.1. The molecule has 156 valence electrons. The fraction of sp³-hybridized carbons (Fsp3) is 0.227. The quantitative estimate of drug-likeness (QED) is 0.502. The number of nitrogens with one attached hydrogen (secondary N) is 1. The van der Waals surface area contributed by atoms with Gasteiger partial charge < -0.3 is 15.0 Å². The van der Waals surface area contributed by atoms with Crippen molar-refractivity contribution in [2.75, 3.05) is 36.5 Å². The van der Waals surface area contributed by atoms with E-state index in [9.17, 15) is 0 Å². The molecule has 0 radical (unpaired) electrons. The van der Waals surface area contributed by atoms with Crippen LogP contribution < -0.4 is 10.2 Å². The van der Waals surface area contributed by atoms with Crippen molar-refractivity contribution in [2.24, 2.45) is 5.10 Å². The van der Waals surface area contributed by atoms with Gasteiger partial charge in [0.1, 0.15) is 6.33 Å². The largest absolute Gasteiger partial charge is 0.378 e. The predicted octanol–water partition coefficient (Wildman–Crippen LogP) is 2.99. The molecule has 31 heavy (non-hydrogen) atoms. The van der Waals surface area contributed by atoms with Crippen molar-refractivity contribution in [3.63, 3.8) is 0 Å². The van der Waals surface area contributed by atoms with E-state index in [0.717, 1.165) is 24.3 Å². The van der Waals surface area contributed by atoms with Gasteiger partial charge in [0.25, 0.3) is 0 Å². The lowest BCUT2D eigenvalue weighted by molar-refractivity contribution is 0.122. The molecule has 1 saturated heterocycles. The van der Waals surface area contributed by atoms with Crippen LogP contribution in [0.2, 0.25) is 0 Å². The third kappa shape index (κ3) is 4.22. The first-order valence-electron chi connectivity index (χ1n) is 10.1. The summed E-state index contributed by atoms with van der Waals surface area (Å²) in [7, 11) is 0. The van der Waals surface area contributed by atoms with Gasteiger partial charge >= 0.3 is 0 Å². The van der Waals surface area contributed by atoms with E-state index in [0.29, 0.717) is 36.1 Å². The van der Waals surface area contributed by atoms with Crippen molar-refractivity contribution in [2.45, 2.75) is 6.92 Å². The van der Waals surface area contributed by atoms with E-state index in [4.69, 9.17) is 14.7 Å². The van der Waals surface area contributed by atoms with Crippen molar-refractivity contribution < 1.29 is 4.74 Å². The van der Waals surface area contributed by atoms with Crippen LogP contribution in [-0.4, -0.2) is 57.1 Å². The second-order valence-electron chi connectivity index (χ2n) is 7.25. The van der Waals surface area contributed by atoms with E-state index in [1.807, 2.05) is 24.3 Å². The highest BCUT2D eigenvalue weighted by molar-refractivity contribution is 5.87. The van der Waals surface area contributed by atoms with Gasteiger partial charge in [0.15, 0.2) is 17.0 Å². The SMILES string of the molecule is Cc1ccc(/C=N/n2cnc3c(Nc4ccncc4)nc(N4CCOCC4)nc32)cc1. The number of aromatic nitrogens is 5. The van der Waals surface area contributed by atoms with Crippen LogP contribution in [-0.2, 0) is 4.74 Å². The molecule has 4 heterocycles. The molecule has 1 aliphatic rings. The summed E-state index contributed by atoms with van der Waals surface area (Å²) >= 11 is 0. The van der Waals surface area contributed by atoms with Gasteiger partial charge in [0.05, 0.1) is 19.4 Å². The molecular formula is C22H22N8O. The summed E-state index contributed by atoms with van der Waals surface area (Å²) in [4.78, 5) is 20.3. The lowest BCUT2D eigenvalue weighted by Gasteiger charge is -2.27. The van der Waals surface area contributed by atoms with Crippen LogP contribution in [0.3, 0.4) is 0 Å². The highest BCUT2D eigenvalue weighted by Gasteiger charge is 2.19. The van der Waals surface area contributed by atoms with Gasteiger partial charge in [-0.15, -0.1) is 0 Å². The van der Waals surface area contributed by atoms with E-state index in [-0.39, 0.29) is 0 Å². The van der Waals surface area contributed by atoms with E-state index in [1.165, 1.54) is 5.56 Å². The van der Waals surface area contributed by atoms with Crippen molar-refractivity contribution in [3.05, 3.63) is 66.2 Å². The van der Waals surface area contributed by atoms with Gasteiger partial charge in [0, 0.05) is 31.2 Å². The van der Waals surface area contributed by atoms with Crippen LogP contribution in [0.4, 0.5) is 17.5 Å². The van der Waals surface area contributed by atoms with Gasteiger partial charge in [-0.3, -0.25) is 4.98 Å². The van der Waals surface area contributed by atoms with Crippen LogP contribution in [0.25, 0.3) is 11.2 Å². The Balaban J connectivity index is 1.55. The molecule has 1 N–H and O–H groups in total. The number of rotatable bonds is 5. The van der Waals surface area contributed by atoms with Crippen molar-refractivity contribution >= 4 is 34.8 Å². The molecule has 1 aromatic carbocycles. The maximum Gasteiger partial charge on any atom is 0.229 e. The van der Waals surface area contributed by atoms with Crippen LogP contribution >= 0.6 is 0 Å². The number of hydrogen-bond acceptors (Lipinski definition) is 8. The third-order valence-corrected chi connectivity index (χ3v) is 5.01. The summed E-state index contributed by atoms with van der Waals surface area (Å²) in [6.45, 7) is 4.84. The fourth-order valence-corrected chi connectivity index (χ4v) is 3.31. The molecule has 0 unspecified atom stereocenters. The molecule has 1 aliphatic heterocycles. The Kier molecular flexibility index (Phi) is 5.24. The topological polar surface area (TPSA) is 93.4 Å². The molecule has 5 rings (SSSR count). The maximum atomic E-state index is 5.48. The van der Waals surface area contributed by atoms with Crippen molar-refractivity contribution in [1.29, 1.82) is 0 Å². The first-order valence-corrected chi connectivity index (χ1v) is 10.1. The molecule has 0 aliphatic carbocycles. The minimum atomic E-state index is 0.625. The summed E-state index contributed by atoms with van der Waals surface area (Å²) < 4.78 is 7.16. The standard InChI is InChI=1S/C22H22N8O/c1-16-2-4-17(5-3-16)14-25-30-15-24-19-20(26-18-6-8-23-9-7-18)27-22(28-21(19)30)29-10-12-31-13-11-29/h2-9,14-15H,10-13H2,1H3,(H,23,26,27,28)/b25-14+. The maximum absolute atomic E-state index is 5.48. The van der Waals surface area contributed by atoms with Crippen LogP contribution in [0, 0.1) is 6.92 Å². The number of fused-ring (bicyclic) bond motifs is 1. The first kappa shape index (κ1) is 19.1. The first-order chi connectivity index (χ1) is 15.3. The van der Waals surface area contributed by atoms with Crippen LogP contribution in [0.15, 0.2) is 60.2 Å². The summed E-state index contributed by atoms with van der Waals surface area (Å²) in [6, 6.07) is 11.9. The highest BCUT2D eigenvalue weighted by Crippen LogP contribution is 2.25. The molecule has 3 aromatic heterocycles. The van der Waals surface area contributed by atoms with Crippen LogP contribution in [0.5, 0.6) is 0 Å². The van der Waals surface area contributed by atoms with Gasteiger partial charge in [-0.25, -0.2) is 9.66 Å². The Bertz CT molecular complexity index is 1200. The van der Waals surface area contributed by atoms with E-state index in [1.54, 1.807) is 29.6 Å². The second-order valence-corrected chi connectivity index (χ2v) is 7.25. The molecule has 0 spiro atoms. The molecular weight excluding hydrogens is 392 g/mol. The normalized spacial score (nSPS) is 14.4. The molecule has 4 aromatic rings. The number of imidazole rings is 1. The van der Waals surface area contributed by atoms with Gasteiger partial charge in [0.2, 0.25) is 5.95 Å². The summed E-state index contributed by atoms with van der Waals surface area (Å²) in [5.41, 5.74) is 4.37. The lowest BCUT2D eigenvalue weighted by Crippen LogP contribution is -2.37. The number of ether oxygens (including phenoxy) is 1. The fourth-order valence-electron chi connectivity index (χ4n) is 3.31. The van der Waals surface area contributed by atoms with Gasteiger partial charge in [-0.1, -0.05) is 29.8 Å². The van der Waals surface area contributed by atoms with E-state index in [2.05, 4.69) is 44.3 Å². The molecule has 0 saturated carbocycles. The molecule has 1 fully saturated rings. The second kappa shape index (κ2) is 8.49. The zero-order chi connectivity index (χ0) is 21.0. The number of pyridine rings is 1. The third-order valence-electron chi connectivity index (χ3n) is 5.01. The number of aryl methyl sites for hydroxylation is 1. The summed E-state index contributed by atoms with van der Waals surface area (Å²) in [5, 5.41) is 7.93. The average Bonchev–Trinajstić information content (AvgIpc) is 3.23. The monoisotopic (exact) mass is 414 g/mol. The predicted molar refractivity (Wildman–Crippen MR) is 120 cm³/mol. The molecule has 0 amide bonds. The average molecular weight is 414 g/mol. The summed E-state index contributed by atoms with van der Waals surface area (Å²) in [5.74, 6) is 1.25. The van der Waals surface area contributed by atoms with Crippen LogP contribution in [0.1, 0.15) is 11.1 Å². The summed E-state index contributed by atoms with van der Waals surface area (Å²) in [6.07, 6.45) is 6.92. The minimum Gasteiger partial charge on any atom is -0.378 e. The Morgan fingerprint density at radius 3 is 2.58 bits per heavy atom. The number of hydrogen-bond donors (Lipinski definition) is 1. The zero-order valence-corrected chi connectivity index (χ0v) is 17.1. The number of nitrogens with zero attached hydrogens (tertiary/aromatic N) is 7. The van der Waals surface area contributed by atoms with Gasteiger partial charge in [-0.05, 0) is 24.6 Å². The molecule has 0 atom stereocenters. The Hall–Kier alpha value is -3.85. The molecule has 0 bridgehead atoms. The minimum absolute atomic E-state index is 0.625. The highest BCUT2D eigenvalue weighted by atomic mass is 16.5. The Morgan fingerprint density at radius 1 is 1.03 bits per heavy atom. The number of anilines is 3. The molecule has 9 heteroatoms. The molecule has 9 nitrogen and oxygen atoms in total. The van der Waals surface area contributed by atoms with Gasteiger partial charge in [-0.2, -0.15) is 15.1 Å². The van der Waals surface area contributed by atoms with Crippen molar-refractivity contribution in [3.8, 4) is 0 Å². The van der Waals surface area contributed by atoms with E-state index < -0.39 is 0 Å². The lowest BCUT2D eigenvalue weighted by atomic mass is 10.2.